The molecule has 0 bridgehead atoms. The summed E-state index contributed by atoms with van der Waals surface area (Å²) in [7, 11) is 0. The van der Waals surface area contributed by atoms with E-state index in [0.29, 0.717) is 11.5 Å². The number of ketones is 1. The summed E-state index contributed by atoms with van der Waals surface area (Å²) < 4.78 is 13.4. The van der Waals surface area contributed by atoms with E-state index in [9.17, 15) is 19.1 Å². The first-order valence-electron chi connectivity index (χ1n) is 9.82. The summed E-state index contributed by atoms with van der Waals surface area (Å²) in [6.45, 7) is 4.13. The van der Waals surface area contributed by atoms with E-state index in [2.05, 4.69) is 23.8 Å². The molecule has 1 N–H and O–H groups in total. The number of aliphatic hydroxyl groups is 1. The van der Waals surface area contributed by atoms with Gasteiger partial charge in [0.05, 0.1) is 11.6 Å². The minimum atomic E-state index is -0.923. The van der Waals surface area contributed by atoms with Gasteiger partial charge in [-0.1, -0.05) is 38.1 Å². The average Bonchev–Trinajstić information content (AvgIpc) is 3.05. The Kier molecular flexibility index (Phi) is 5.33. The second-order valence-electron chi connectivity index (χ2n) is 7.55. The molecule has 1 aliphatic heterocycles. The summed E-state index contributed by atoms with van der Waals surface area (Å²) >= 11 is 0. The third kappa shape index (κ3) is 3.70. The maximum atomic E-state index is 13.4. The van der Waals surface area contributed by atoms with Crippen molar-refractivity contribution in [3.63, 3.8) is 0 Å². The Labute approximate surface area is 178 Å². The van der Waals surface area contributed by atoms with Gasteiger partial charge in [-0.15, -0.1) is 0 Å². The Hall–Kier alpha value is -3.87. The monoisotopic (exact) mass is 417 g/mol. The Morgan fingerprint density at radius 1 is 1.00 bits per heavy atom. The van der Waals surface area contributed by atoms with Crippen LogP contribution in [0.15, 0.2) is 72.6 Å². The zero-order valence-electron chi connectivity index (χ0n) is 17.0. The van der Waals surface area contributed by atoms with Gasteiger partial charge in [0.2, 0.25) is 5.95 Å². The highest BCUT2D eigenvalue weighted by Crippen LogP contribution is 2.41. The third-order valence-electron chi connectivity index (χ3n) is 5.25. The maximum absolute atomic E-state index is 13.4. The number of anilines is 1. The van der Waals surface area contributed by atoms with Gasteiger partial charge >= 0.3 is 5.91 Å². The number of rotatable bonds is 4. The molecule has 1 aromatic heterocycles. The van der Waals surface area contributed by atoms with E-state index in [1.807, 2.05) is 24.3 Å². The van der Waals surface area contributed by atoms with Crippen LogP contribution in [0.3, 0.4) is 0 Å². The van der Waals surface area contributed by atoms with Crippen LogP contribution < -0.4 is 4.90 Å². The van der Waals surface area contributed by atoms with Crippen LogP contribution in [0.1, 0.15) is 42.5 Å². The summed E-state index contributed by atoms with van der Waals surface area (Å²) in [4.78, 5) is 35.4. The number of aromatic nitrogens is 2. The van der Waals surface area contributed by atoms with Crippen LogP contribution in [0.5, 0.6) is 0 Å². The lowest BCUT2D eigenvalue weighted by Gasteiger charge is -2.23. The summed E-state index contributed by atoms with van der Waals surface area (Å²) in [5, 5.41) is 11.0. The van der Waals surface area contributed by atoms with Gasteiger partial charge in [0.15, 0.2) is 0 Å². The predicted octanol–water partition coefficient (Wildman–Crippen LogP) is 4.37. The number of hydrogen-bond acceptors (Lipinski definition) is 5. The number of nitrogens with zero attached hydrogens (tertiary/aromatic N) is 3. The molecular weight excluding hydrogens is 397 g/mol. The van der Waals surface area contributed by atoms with E-state index in [1.165, 1.54) is 41.6 Å². The molecule has 1 atom stereocenters. The molecule has 0 radical (unpaired) electrons. The molecule has 6 nitrogen and oxygen atoms in total. The van der Waals surface area contributed by atoms with Crippen molar-refractivity contribution >= 4 is 23.4 Å². The predicted molar refractivity (Wildman–Crippen MR) is 114 cm³/mol. The van der Waals surface area contributed by atoms with Gasteiger partial charge in [-0.2, -0.15) is 0 Å². The standard InChI is InChI=1S/C24H20FN3O3/c1-14(2)15-4-6-16(7-5-15)20-19(21(29)17-8-10-18(25)11-9-17)22(30)23(31)28(20)24-26-12-3-13-27-24/h3-14,20,29H,1-2H3/b21-19-. The summed E-state index contributed by atoms with van der Waals surface area (Å²) in [5.41, 5.74) is 1.86. The number of halogens is 1. The molecule has 156 valence electrons. The number of aliphatic hydroxyl groups excluding tert-OH is 1. The van der Waals surface area contributed by atoms with Crippen molar-refractivity contribution in [2.24, 2.45) is 0 Å². The SMILES string of the molecule is CC(C)c1ccc(C2/C(=C(/O)c3ccc(F)cc3)C(=O)C(=O)N2c2ncccn2)cc1. The molecule has 1 saturated heterocycles. The molecule has 0 aliphatic carbocycles. The Balaban J connectivity index is 1.91. The first-order valence-corrected chi connectivity index (χ1v) is 9.82. The van der Waals surface area contributed by atoms with Crippen LogP contribution in [0.4, 0.5) is 10.3 Å². The molecule has 31 heavy (non-hydrogen) atoms. The van der Waals surface area contributed by atoms with E-state index >= 15 is 0 Å². The number of carbonyl (C=O) groups excluding carboxylic acids is 2. The van der Waals surface area contributed by atoms with Crippen LogP contribution in [0, 0.1) is 5.82 Å². The van der Waals surface area contributed by atoms with Gasteiger partial charge in [0.25, 0.3) is 5.78 Å². The molecule has 2 heterocycles. The number of hydrogen-bond donors (Lipinski definition) is 1. The second-order valence-corrected chi connectivity index (χ2v) is 7.55. The fourth-order valence-electron chi connectivity index (χ4n) is 3.60. The van der Waals surface area contributed by atoms with Crippen molar-refractivity contribution in [1.82, 2.24) is 9.97 Å². The van der Waals surface area contributed by atoms with Gasteiger partial charge in [-0.05, 0) is 47.4 Å². The Bertz CT molecular complexity index is 1160. The van der Waals surface area contributed by atoms with Crippen molar-refractivity contribution in [1.29, 1.82) is 0 Å². The van der Waals surface area contributed by atoms with Crippen molar-refractivity contribution in [3.8, 4) is 0 Å². The molecule has 1 amide bonds. The van der Waals surface area contributed by atoms with Gasteiger partial charge in [-0.25, -0.2) is 14.4 Å². The fourth-order valence-corrected chi connectivity index (χ4v) is 3.60. The number of Topliss-reactive ketones (excluding diaryl/α,β-unsaturated/α-hetero) is 1. The molecule has 3 aromatic rings. The van der Waals surface area contributed by atoms with E-state index < -0.39 is 23.5 Å². The normalized spacial score (nSPS) is 18.1. The van der Waals surface area contributed by atoms with E-state index in [4.69, 9.17) is 0 Å². The number of amides is 1. The smallest absolute Gasteiger partial charge is 0.302 e. The van der Waals surface area contributed by atoms with Gasteiger partial charge in [-0.3, -0.25) is 14.5 Å². The minimum Gasteiger partial charge on any atom is -0.507 e. The Morgan fingerprint density at radius 3 is 2.19 bits per heavy atom. The summed E-state index contributed by atoms with van der Waals surface area (Å²) in [6, 6.07) is 13.2. The van der Waals surface area contributed by atoms with Crippen molar-refractivity contribution in [2.45, 2.75) is 25.8 Å². The highest BCUT2D eigenvalue weighted by atomic mass is 19.1. The number of benzene rings is 2. The van der Waals surface area contributed by atoms with Crippen molar-refractivity contribution < 1.29 is 19.1 Å². The van der Waals surface area contributed by atoms with Crippen LogP contribution in [0.25, 0.3) is 5.76 Å². The molecule has 2 aromatic carbocycles. The lowest BCUT2D eigenvalue weighted by Crippen LogP contribution is -2.31. The van der Waals surface area contributed by atoms with Crippen LogP contribution in [0.2, 0.25) is 0 Å². The van der Waals surface area contributed by atoms with Crippen molar-refractivity contribution in [2.75, 3.05) is 4.90 Å². The molecular formula is C24H20FN3O3. The van der Waals surface area contributed by atoms with Crippen LogP contribution in [-0.2, 0) is 9.59 Å². The lowest BCUT2D eigenvalue weighted by atomic mass is 9.93. The first kappa shape index (κ1) is 20.4. The maximum Gasteiger partial charge on any atom is 0.302 e. The van der Waals surface area contributed by atoms with Gasteiger partial charge in [0.1, 0.15) is 11.6 Å². The van der Waals surface area contributed by atoms with Crippen LogP contribution in [-0.4, -0.2) is 26.8 Å². The average molecular weight is 417 g/mol. The first-order chi connectivity index (χ1) is 14.9. The zero-order chi connectivity index (χ0) is 22.1. The van der Waals surface area contributed by atoms with E-state index in [1.54, 1.807) is 6.07 Å². The molecule has 1 fully saturated rings. The summed E-state index contributed by atoms with van der Waals surface area (Å²) in [6.07, 6.45) is 2.95. The lowest BCUT2D eigenvalue weighted by molar-refractivity contribution is -0.132. The molecule has 0 spiro atoms. The molecule has 4 rings (SSSR count). The Morgan fingerprint density at radius 2 is 1.61 bits per heavy atom. The second kappa shape index (κ2) is 8.10. The number of carbonyl (C=O) groups is 2. The minimum absolute atomic E-state index is 0.0562. The van der Waals surface area contributed by atoms with Crippen LogP contribution >= 0.6 is 0 Å². The largest absolute Gasteiger partial charge is 0.507 e. The highest BCUT2D eigenvalue weighted by Gasteiger charge is 2.48. The highest BCUT2D eigenvalue weighted by molar-refractivity contribution is 6.51. The van der Waals surface area contributed by atoms with E-state index in [0.717, 1.165) is 5.56 Å². The topological polar surface area (TPSA) is 83.4 Å². The molecule has 1 aliphatic rings. The van der Waals surface area contributed by atoms with Crippen molar-refractivity contribution in [3.05, 3.63) is 95.1 Å². The zero-order valence-corrected chi connectivity index (χ0v) is 17.0. The molecule has 1 unspecified atom stereocenters. The van der Waals surface area contributed by atoms with Gasteiger partial charge < -0.3 is 5.11 Å². The third-order valence-corrected chi connectivity index (χ3v) is 5.25. The molecule has 0 saturated carbocycles. The van der Waals surface area contributed by atoms with Gasteiger partial charge in [0, 0.05) is 18.0 Å². The van der Waals surface area contributed by atoms with E-state index in [-0.39, 0.29) is 22.8 Å². The quantitative estimate of drug-likeness (QED) is 0.387. The molecule has 7 heteroatoms. The summed E-state index contributed by atoms with van der Waals surface area (Å²) in [5.74, 6) is -2.19. The fraction of sp³-hybridized carbons (Fsp3) is 0.167.